The molecule has 0 saturated heterocycles. The van der Waals surface area contributed by atoms with Gasteiger partial charge in [-0.15, -0.1) is 0 Å². The summed E-state index contributed by atoms with van der Waals surface area (Å²) in [6.45, 7) is 2.42. The molecular formula is C20H22N6O3S. The molecule has 1 unspecified atom stereocenters. The van der Waals surface area contributed by atoms with E-state index < -0.39 is 10.8 Å². The molecule has 2 bridgehead atoms. The lowest BCUT2D eigenvalue weighted by molar-refractivity contribution is -0.116. The maximum absolute atomic E-state index is 13.1. The van der Waals surface area contributed by atoms with Crippen LogP contribution in [0.3, 0.4) is 0 Å². The molecular weight excluding hydrogens is 404 g/mol. The van der Waals surface area contributed by atoms with Gasteiger partial charge in [-0.25, -0.2) is 24.3 Å². The fraction of sp³-hybridized carbons (Fsp3) is 0.350. The standard InChI is InChI=1S/C20H22N6O3S/c1-14(27)24-11-6-4-3-5-7-12-25-19(28)15-13-21-20(30(2)29)23-18(15)26(25)17-10-8-9-16(24)22-17/h5,7-10,13H,3-4,6,11-12H2,1-2H3/b7-5-. The third-order valence-corrected chi connectivity index (χ3v) is 5.66. The first-order valence-corrected chi connectivity index (χ1v) is 11.3. The second-order valence-corrected chi connectivity index (χ2v) is 8.31. The Morgan fingerprint density at radius 3 is 2.70 bits per heavy atom. The Hall–Kier alpha value is -3.14. The van der Waals surface area contributed by atoms with Gasteiger partial charge in [0.25, 0.3) is 5.56 Å². The molecule has 1 aliphatic rings. The van der Waals surface area contributed by atoms with Crippen molar-refractivity contribution in [2.24, 2.45) is 0 Å². The number of anilines is 1. The van der Waals surface area contributed by atoms with E-state index in [0.29, 0.717) is 35.8 Å². The van der Waals surface area contributed by atoms with Crippen LogP contribution in [0.4, 0.5) is 5.82 Å². The summed E-state index contributed by atoms with van der Waals surface area (Å²) in [5.74, 6) is 0.872. The zero-order chi connectivity index (χ0) is 21.3. The van der Waals surface area contributed by atoms with Crippen LogP contribution in [-0.2, 0) is 22.1 Å². The van der Waals surface area contributed by atoms with Crippen molar-refractivity contribution in [1.29, 1.82) is 0 Å². The van der Waals surface area contributed by atoms with Crippen LogP contribution in [0.2, 0.25) is 0 Å². The van der Waals surface area contributed by atoms with E-state index in [2.05, 4.69) is 15.0 Å². The van der Waals surface area contributed by atoms with Gasteiger partial charge in [0.05, 0.1) is 17.3 Å². The molecule has 0 saturated carbocycles. The highest BCUT2D eigenvalue weighted by atomic mass is 32.2. The molecule has 1 aliphatic heterocycles. The predicted octanol–water partition coefficient (Wildman–Crippen LogP) is 1.81. The number of hydrogen-bond acceptors (Lipinski definition) is 6. The molecule has 4 heterocycles. The molecule has 30 heavy (non-hydrogen) atoms. The summed E-state index contributed by atoms with van der Waals surface area (Å²) < 4.78 is 15.1. The van der Waals surface area contributed by atoms with Crippen molar-refractivity contribution in [2.45, 2.75) is 37.9 Å². The Labute approximate surface area is 175 Å². The van der Waals surface area contributed by atoms with Crippen LogP contribution in [0.5, 0.6) is 0 Å². The normalized spacial score (nSPS) is 16.8. The molecule has 3 aromatic heterocycles. The fourth-order valence-corrected chi connectivity index (χ4v) is 3.90. The van der Waals surface area contributed by atoms with Gasteiger partial charge in [0.1, 0.15) is 11.2 Å². The zero-order valence-corrected chi connectivity index (χ0v) is 17.6. The third-order valence-electron chi connectivity index (χ3n) is 4.95. The number of carbonyl (C=O) groups excluding carboxylic acids is 1. The number of rotatable bonds is 1. The van der Waals surface area contributed by atoms with Gasteiger partial charge in [-0.3, -0.25) is 18.7 Å². The van der Waals surface area contributed by atoms with E-state index in [9.17, 15) is 13.8 Å². The number of aromatic nitrogens is 5. The third kappa shape index (κ3) is 3.70. The molecule has 3 aromatic rings. The van der Waals surface area contributed by atoms with Gasteiger partial charge >= 0.3 is 0 Å². The minimum atomic E-state index is -1.40. The van der Waals surface area contributed by atoms with E-state index >= 15 is 0 Å². The molecule has 0 aromatic carbocycles. The first-order valence-electron chi connectivity index (χ1n) is 9.70. The largest absolute Gasteiger partial charge is 0.297 e. The molecule has 0 fully saturated rings. The Kier molecular flexibility index (Phi) is 5.58. The summed E-state index contributed by atoms with van der Waals surface area (Å²) in [7, 11) is -1.40. The average molecular weight is 427 g/mol. The summed E-state index contributed by atoms with van der Waals surface area (Å²) >= 11 is 0. The molecule has 0 aliphatic carbocycles. The number of amides is 1. The minimum absolute atomic E-state index is 0.0918. The lowest BCUT2D eigenvalue weighted by Crippen LogP contribution is -2.30. The lowest BCUT2D eigenvalue weighted by atomic mass is 10.2. The minimum Gasteiger partial charge on any atom is -0.297 e. The molecule has 0 radical (unpaired) electrons. The average Bonchev–Trinajstić information content (AvgIpc) is 3.00. The summed E-state index contributed by atoms with van der Waals surface area (Å²) in [5.41, 5.74) is 0.0797. The molecule has 1 amide bonds. The molecule has 0 spiro atoms. The smallest absolute Gasteiger partial charge is 0.278 e. The number of allylic oxidation sites excluding steroid dienone is 2. The number of fused-ring (bicyclic) bond motifs is 6. The highest BCUT2D eigenvalue weighted by Gasteiger charge is 2.20. The van der Waals surface area contributed by atoms with Gasteiger partial charge in [0.2, 0.25) is 11.1 Å². The van der Waals surface area contributed by atoms with E-state index in [1.807, 2.05) is 12.2 Å². The van der Waals surface area contributed by atoms with Crippen molar-refractivity contribution in [3.8, 4) is 5.82 Å². The highest BCUT2D eigenvalue weighted by molar-refractivity contribution is 7.84. The van der Waals surface area contributed by atoms with Crippen LogP contribution in [0.25, 0.3) is 16.9 Å². The van der Waals surface area contributed by atoms with Gasteiger partial charge in [0, 0.05) is 25.9 Å². The van der Waals surface area contributed by atoms with E-state index in [4.69, 9.17) is 0 Å². The molecule has 0 N–H and O–H groups in total. The van der Waals surface area contributed by atoms with Crippen LogP contribution in [0.15, 0.2) is 46.5 Å². The highest BCUT2D eigenvalue weighted by Crippen LogP contribution is 2.20. The van der Waals surface area contributed by atoms with E-state index in [1.165, 1.54) is 24.1 Å². The first-order chi connectivity index (χ1) is 14.5. The Morgan fingerprint density at radius 2 is 1.93 bits per heavy atom. The Bertz CT molecular complexity index is 1230. The van der Waals surface area contributed by atoms with Gasteiger partial charge < -0.3 is 0 Å². The number of carbonyl (C=O) groups is 1. The van der Waals surface area contributed by atoms with E-state index in [-0.39, 0.29) is 16.6 Å². The quantitative estimate of drug-likeness (QED) is 0.434. The summed E-state index contributed by atoms with van der Waals surface area (Å²) in [6, 6.07) is 5.33. The lowest BCUT2D eigenvalue weighted by Gasteiger charge is -2.21. The van der Waals surface area contributed by atoms with Crippen LogP contribution >= 0.6 is 0 Å². The molecule has 4 rings (SSSR count). The molecule has 156 valence electrons. The second-order valence-electron chi connectivity index (χ2n) is 7.03. The van der Waals surface area contributed by atoms with Crippen LogP contribution in [0, 0.1) is 0 Å². The summed E-state index contributed by atoms with van der Waals surface area (Å²) in [5, 5.41) is 0.462. The molecule has 9 nitrogen and oxygen atoms in total. The monoisotopic (exact) mass is 426 g/mol. The zero-order valence-electron chi connectivity index (χ0n) is 16.8. The Morgan fingerprint density at radius 1 is 1.13 bits per heavy atom. The molecule has 1 atom stereocenters. The Balaban J connectivity index is 2.01. The van der Waals surface area contributed by atoms with Crippen molar-refractivity contribution in [3.05, 3.63) is 46.9 Å². The van der Waals surface area contributed by atoms with Gasteiger partial charge in [-0.05, 0) is 31.4 Å². The fourth-order valence-electron chi connectivity index (χ4n) is 3.49. The van der Waals surface area contributed by atoms with Crippen LogP contribution in [-0.4, -0.2) is 47.2 Å². The topological polar surface area (TPSA) is 103 Å². The van der Waals surface area contributed by atoms with Crippen LogP contribution in [0.1, 0.15) is 26.2 Å². The maximum Gasteiger partial charge on any atom is 0.278 e. The number of hydrogen-bond donors (Lipinski definition) is 0. The number of pyridine rings is 1. The summed E-state index contributed by atoms with van der Waals surface area (Å²) in [4.78, 5) is 40.1. The van der Waals surface area contributed by atoms with Gasteiger partial charge in [-0.1, -0.05) is 18.2 Å². The van der Waals surface area contributed by atoms with Crippen molar-refractivity contribution in [2.75, 3.05) is 17.7 Å². The maximum atomic E-state index is 13.1. The van der Waals surface area contributed by atoms with Crippen molar-refractivity contribution in [3.63, 3.8) is 0 Å². The first kappa shape index (κ1) is 20.1. The summed E-state index contributed by atoms with van der Waals surface area (Å²) in [6.07, 6.45) is 9.50. The van der Waals surface area contributed by atoms with Crippen molar-refractivity contribution in [1.82, 2.24) is 24.3 Å². The van der Waals surface area contributed by atoms with Gasteiger partial charge in [-0.2, -0.15) is 0 Å². The second kappa shape index (κ2) is 8.31. The molecule has 10 heteroatoms. The van der Waals surface area contributed by atoms with E-state index in [1.54, 1.807) is 27.8 Å². The van der Waals surface area contributed by atoms with Crippen molar-refractivity contribution >= 4 is 33.6 Å². The number of nitrogens with zero attached hydrogens (tertiary/aromatic N) is 6. The van der Waals surface area contributed by atoms with Gasteiger partial charge in [0.15, 0.2) is 11.5 Å². The van der Waals surface area contributed by atoms with E-state index in [0.717, 1.165) is 19.3 Å². The van der Waals surface area contributed by atoms with Crippen LogP contribution < -0.4 is 10.5 Å². The SMILES string of the molecule is CC(=O)N1CCCC/C=C\Cn2c(=O)c3cnc(S(C)=O)nc3n2-c2cccc1n2. The van der Waals surface area contributed by atoms with Crippen molar-refractivity contribution < 1.29 is 9.00 Å². The predicted molar refractivity (Wildman–Crippen MR) is 114 cm³/mol.